The first-order valence-corrected chi connectivity index (χ1v) is 7.55. The van der Waals surface area contributed by atoms with Crippen molar-refractivity contribution in [2.45, 2.75) is 46.2 Å². The number of para-hydroxylation sites is 1. The van der Waals surface area contributed by atoms with E-state index in [-0.39, 0.29) is 5.76 Å². The smallest absolute Gasteiger partial charge is 0.372 e. The van der Waals surface area contributed by atoms with Crippen LogP contribution in [0.25, 0.3) is 11.0 Å². The van der Waals surface area contributed by atoms with Crippen molar-refractivity contribution in [3.8, 4) is 0 Å². The Morgan fingerprint density at radius 2 is 1.95 bits per heavy atom. The first-order chi connectivity index (χ1) is 10.1. The largest absolute Gasteiger partial charge is 0.475 e. The van der Waals surface area contributed by atoms with Crippen molar-refractivity contribution in [2.24, 2.45) is 5.92 Å². The van der Waals surface area contributed by atoms with E-state index in [2.05, 4.69) is 26.1 Å². The Balaban J connectivity index is 2.24. The summed E-state index contributed by atoms with van der Waals surface area (Å²) < 4.78 is 5.47. The minimum Gasteiger partial charge on any atom is -0.475 e. The Labute approximate surface area is 125 Å². The lowest BCUT2D eigenvalue weighted by molar-refractivity contribution is 0.0663. The first-order valence-electron chi connectivity index (χ1n) is 7.55. The van der Waals surface area contributed by atoms with Gasteiger partial charge in [-0.3, -0.25) is 0 Å². The number of benzene rings is 1. The highest BCUT2D eigenvalue weighted by atomic mass is 16.4. The summed E-state index contributed by atoms with van der Waals surface area (Å²) in [5, 5.41) is 13.6. The molecule has 0 aliphatic carbocycles. The Morgan fingerprint density at radius 3 is 2.57 bits per heavy atom. The third-order valence-corrected chi connectivity index (χ3v) is 4.25. The molecule has 1 unspecified atom stereocenters. The summed E-state index contributed by atoms with van der Waals surface area (Å²) in [6, 6.07) is 7.80. The molecule has 2 N–H and O–H groups in total. The zero-order chi connectivity index (χ0) is 15.4. The van der Waals surface area contributed by atoms with Crippen LogP contribution in [0.15, 0.2) is 28.7 Å². The predicted octanol–water partition coefficient (Wildman–Crippen LogP) is 4.05. The quantitative estimate of drug-likeness (QED) is 0.807. The molecule has 0 radical (unpaired) electrons. The number of fused-ring (bicyclic) bond motifs is 1. The third kappa shape index (κ3) is 3.27. The summed E-state index contributed by atoms with van der Waals surface area (Å²) in [6.07, 6.45) is 2.23. The van der Waals surface area contributed by atoms with Crippen molar-refractivity contribution in [1.82, 2.24) is 5.32 Å². The maximum absolute atomic E-state index is 11.4. The summed E-state index contributed by atoms with van der Waals surface area (Å²) in [5.41, 5.74) is 1.36. The molecule has 0 saturated carbocycles. The summed E-state index contributed by atoms with van der Waals surface area (Å²) in [5.74, 6) is -0.380. The fraction of sp³-hybridized carbons (Fsp3) is 0.471. The van der Waals surface area contributed by atoms with E-state index in [1.54, 1.807) is 6.07 Å². The van der Waals surface area contributed by atoms with Gasteiger partial charge in [-0.15, -0.1) is 0 Å². The van der Waals surface area contributed by atoms with Crippen LogP contribution >= 0.6 is 0 Å². The van der Waals surface area contributed by atoms with Crippen molar-refractivity contribution in [1.29, 1.82) is 0 Å². The number of rotatable bonds is 7. The fourth-order valence-electron chi connectivity index (χ4n) is 2.87. The lowest BCUT2D eigenvalue weighted by Gasteiger charge is -2.22. The van der Waals surface area contributed by atoms with E-state index in [4.69, 9.17) is 4.42 Å². The van der Waals surface area contributed by atoms with Gasteiger partial charge in [-0.1, -0.05) is 44.9 Å². The van der Waals surface area contributed by atoms with Crippen LogP contribution in [0, 0.1) is 5.92 Å². The van der Waals surface area contributed by atoms with Crippen molar-refractivity contribution >= 4 is 16.9 Å². The molecule has 0 saturated heterocycles. The van der Waals surface area contributed by atoms with Crippen molar-refractivity contribution in [3.05, 3.63) is 35.6 Å². The van der Waals surface area contributed by atoms with Gasteiger partial charge in [-0.25, -0.2) is 4.79 Å². The van der Waals surface area contributed by atoms with Crippen LogP contribution in [0.3, 0.4) is 0 Å². The summed E-state index contributed by atoms with van der Waals surface area (Å²) >= 11 is 0. The molecular formula is C17H23NO3. The highest BCUT2D eigenvalue weighted by Crippen LogP contribution is 2.26. The van der Waals surface area contributed by atoms with Crippen molar-refractivity contribution < 1.29 is 14.3 Å². The van der Waals surface area contributed by atoms with Crippen molar-refractivity contribution in [3.63, 3.8) is 0 Å². The minimum absolute atomic E-state index is 0.0421. The van der Waals surface area contributed by atoms with Crippen LogP contribution in [0.2, 0.25) is 0 Å². The van der Waals surface area contributed by atoms with Crippen LogP contribution in [-0.4, -0.2) is 17.1 Å². The van der Waals surface area contributed by atoms with Gasteiger partial charge >= 0.3 is 5.97 Å². The normalized spacial score (nSPS) is 13.0. The lowest BCUT2D eigenvalue weighted by Crippen LogP contribution is -2.32. The molecule has 114 valence electrons. The first kappa shape index (κ1) is 15.6. The van der Waals surface area contributed by atoms with Gasteiger partial charge in [0, 0.05) is 23.5 Å². The van der Waals surface area contributed by atoms with E-state index in [0.29, 0.717) is 24.1 Å². The molecule has 0 aliphatic heterocycles. The Hall–Kier alpha value is -1.81. The molecule has 4 heteroatoms. The zero-order valence-electron chi connectivity index (χ0n) is 12.8. The molecule has 1 aromatic carbocycles. The molecule has 1 heterocycles. The number of carboxylic acid groups (broad SMARTS) is 1. The Kier molecular flexibility index (Phi) is 5.02. The molecule has 2 aromatic rings. The van der Waals surface area contributed by atoms with Crippen LogP contribution < -0.4 is 5.32 Å². The third-order valence-electron chi connectivity index (χ3n) is 4.25. The van der Waals surface area contributed by atoms with E-state index in [0.717, 1.165) is 23.8 Å². The second-order valence-corrected chi connectivity index (χ2v) is 5.46. The molecule has 0 bridgehead atoms. The SMILES string of the molecule is CCC(CC)C(C)NCc1c(C(=O)O)oc2ccccc12. The lowest BCUT2D eigenvalue weighted by atomic mass is 9.95. The van der Waals surface area contributed by atoms with Gasteiger partial charge in [0.1, 0.15) is 5.58 Å². The number of carbonyl (C=O) groups is 1. The zero-order valence-corrected chi connectivity index (χ0v) is 12.8. The average Bonchev–Trinajstić information content (AvgIpc) is 2.85. The highest BCUT2D eigenvalue weighted by molar-refractivity contribution is 5.95. The topological polar surface area (TPSA) is 62.5 Å². The van der Waals surface area contributed by atoms with E-state index in [1.165, 1.54) is 0 Å². The molecular weight excluding hydrogens is 266 g/mol. The molecule has 0 spiro atoms. The number of aromatic carboxylic acids is 1. The van der Waals surface area contributed by atoms with Gasteiger partial charge in [-0.2, -0.15) is 0 Å². The maximum Gasteiger partial charge on any atom is 0.372 e. The number of carboxylic acids is 1. The number of hydrogen-bond donors (Lipinski definition) is 2. The number of nitrogens with one attached hydrogen (secondary N) is 1. The van der Waals surface area contributed by atoms with Crippen LogP contribution in [-0.2, 0) is 6.54 Å². The molecule has 1 atom stereocenters. The average molecular weight is 289 g/mol. The van der Waals surface area contributed by atoms with Gasteiger partial charge in [0.05, 0.1) is 0 Å². The van der Waals surface area contributed by atoms with Gasteiger partial charge in [0.15, 0.2) is 0 Å². The van der Waals surface area contributed by atoms with Crippen LogP contribution in [0.4, 0.5) is 0 Å². The maximum atomic E-state index is 11.4. The van der Waals surface area contributed by atoms with Gasteiger partial charge < -0.3 is 14.8 Å². The molecule has 4 nitrogen and oxygen atoms in total. The number of furan rings is 1. The Morgan fingerprint density at radius 1 is 1.29 bits per heavy atom. The van der Waals surface area contributed by atoms with Gasteiger partial charge in [0.2, 0.25) is 5.76 Å². The van der Waals surface area contributed by atoms with Crippen LogP contribution in [0.1, 0.15) is 49.7 Å². The number of hydrogen-bond acceptors (Lipinski definition) is 3. The molecule has 2 rings (SSSR count). The predicted molar refractivity (Wildman–Crippen MR) is 83.5 cm³/mol. The van der Waals surface area contributed by atoms with Gasteiger partial charge in [-0.05, 0) is 18.9 Å². The molecule has 0 fully saturated rings. The molecule has 21 heavy (non-hydrogen) atoms. The monoisotopic (exact) mass is 289 g/mol. The standard InChI is InChI=1S/C17H23NO3/c1-4-12(5-2)11(3)18-10-14-13-8-6-7-9-15(13)21-16(14)17(19)20/h6-9,11-12,18H,4-5,10H2,1-3H3,(H,19,20). The minimum atomic E-state index is -1.02. The van der Waals surface area contributed by atoms with E-state index >= 15 is 0 Å². The summed E-state index contributed by atoms with van der Waals surface area (Å²) in [7, 11) is 0. The summed E-state index contributed by atoms with van der Waals surface area (Å²) in [4.78, 5) is 11.4. The molecule has 0 amide bonds. The van der Waals surface area contributed by atoms with E-state index in [1.807, 2.05) is 18.2 Å². The second-order valence-electron chi connectivity index (χ2n) is 5.46. The van der Waals surface area contributed by atoms with Crippen LogP contribution in [0.5, 0.6) is 0 Å². The Bertz CT molecular complexity index is 614. The second kappa shape index (κ2) is 6.76. The van der Waals surface area contributed by atoms with E-state index < -0.39 is 5.97 Å². The summed E-state index contributed by atoms with van der Waals surface area (Å²) in [6.45, 7) is 7.03. The fourth-order valence-corrected chi connectivity index (χ4v) is 2.87. The highest BCUT2D eigenvalue weighted by Gasteiger charge is 2.21. The van der Waals surface area contributed by atoms with Gasteiger partial charge in [0.25, 0.3) is 0 Å². The van der Waals surface area contributed by atoms with E-state index in [9.17, 15) is 9.90 Å². The molecule has 1 aromatic heterocycles. The van der Waals surface area contributed by atoms with Crippen molar-refractivity contribution in [2.75, 3.05) is 0 Å². The molecule has 0 aliphatic rings.